The van der Waals surface area contributed by atoms with Gasteiger partial charge in [0.15, 0.2) is 5.82 Å². The molecule has 0 spiro atoms. The van der Waals surface area contributed by atoms with Gasteiger partial charge < -0.3 is 14.5 Å². The lowest BCUT2D eigenvalue weighted by Gasteiger charge is -2.35. The molecule has 4 rings (SSSR count). The lowest BCUT2D eigenvalue weighted by atomic mass is 9.97. The van der Waals surface area contributed by atoms with Gasteiger partial charge in [0.1, 0.15) is 11.4 Å². The summed E-state index contributed by atoms with van der Waals surface area (Å²) in [6.45, 7) is 9.24. The standard InChI is InChI=1S/C26H34N4O3/c1-4-33-26(32)21-6-5-13-30(17-21)25(31)22-16-27-23(20-9-7-18(2)8-10-20)28-24(22)29-14-11-19(3)12-15-29/h7-10,16,19,21H,4-6,11-15,17H2,1-3H3/t21-/m1/s1. The number of benzene rings is 1. The molecule has 2 fully saturated rings. The van der Waals surface area contributed by atoms with Gasteiger partial charge in [-0.1, -0.05) is 36.8 Å². The van der Waals surface area contributed by atoms with E-state index in [1.165, 1.54) is 5.56 Å². The number of aromatic nitrogens is 2. The first-order chi connectivity index (χ1) is 16.0. The van der Waals surface area contributed by atoms with Gasteiger partial charge in [-0.15, -0.1) is 0 Å². The molecular formula is C26H34N4O3. The van der Waals surface area contributed by atoms with E-state index in [1.54, 1.807) is 11.1 Å². The van der Waals surface area contributed by atoms with Crippen LogP contribution < -0.4 is 4.90 Å². The zero-order chi connectivity index (χ0) is 23.4. The third-order valence-corrected chi connectivity index (χ3v) is 6.72. The summed E-state index contributed by atoms with van der Waals surface area (Å²) in [5, 5.41) is 0. The number of aryl methyl sites for hydroxylation is 1. The van der Waals surface area contributed by atoms with Crippen LogP contribution >= 0.6 is 0 Å². The summed E-state index contributed by atoms with van der Waals surface area (Å²) in [5.41, 5.74) is 2.63. The number of amides is 1. The highest BCUT2D eigenvalue weighted by atomic mass is 16.5. The molecule has 0 N–H and O–H groups in total. The SMILES string of the molecule is CCOC(=O)[C@@H]1CCCN(C(=O)c2cnc(-c3ccc(C)cc3)nc2N2CCC(C)CC2)C1. The van der Waals surface area contributed by atoms with Crippen molar-refractivity contribution in [3.05, 3.63) is 41.6 Å². The molecule has 2 aliphatic heterocycles. The molecule has 2 aliphatic rings. The normalized spacial score (nSPS) is 19.4. The molecule has 2 saturated heterocycles. The average Bonchev–Trinajstić information content (AvgIpc) is 2.84. The molecular weight excluding hydrogens is 416 g/mol. The maximum atomic E-state index is 13.6. The van der Waals surface area contributed by atoms with E-state index in [9.17, 15) is 9.59 Å². The number of likely N-dealkylation sites (tertiary alicyclic amines) is 1. The summed E-state index contributed by atoms with van der Waals surface area (Å²) < 4.78 is 5.21. The molecule has 3 heterocycles. The Morgan fingerprint density at radius 3 is 2.52 bits per heavy atom. The van der Waals surface area contributed by atoms with Crippen LogP contribution in [0.5, 0.6) is 0 Å². The predicted molar refractivity (Wildman–Crippen MR) is 128 cm³/mol. The summed E-state index contributed by atoms with van der Waals surface area (Å²) >= 11 is 0. The van der Waals surface area contributed by atoms with Crippen LogP contribution in [0.3, 0.4) is 0 Å². The predicted octanol–water partition coefficient (Wildman–Crippen LogP) is 4.10. The van der Waals surface area contributed by atoms with Gasteiger partial charge in [0.05, 0.1) is 12.5 Å². The first-order valence-electron chi connectivity index (χ1n) is 12.1. The number of hydrogen-bond acceptors (Lipinski definition) is 6. The number of piperidine rings is 2. The highest BCUT2D eigenvalue weighted by Gasteiger charge is 2.32. The summed E-state index contributed by atoms with van der Waals surface area (Å²) in [4.78, 5) is 39.4. The maximum absolute atomic E-state index is 13.6. The first kappa shape index (κ1) is 23.2. The van der Waals surface area contributed by atoms with E-state index >= 15 is 0 Å². The molecule has 176 valence electrons. The van der Waals surface area contributed by atoms with Gasteiger partial charge in [-0.2, -0.15) is 0 Å². The number of carbonyl (C=O) groups excluding carboxylic acids is 2. The molecule has 0 aliphatic carbocycles. The van der Waals surface area contributed by atoms with Crippen molar-refractivity contribution < 1.29 is 14.3 Å². The van der Waals surface area contributed by atoms with Crippen LogP contribution in [-0.2, 0) is 9.53 Å². The summed E-state index contributed by atoms with van der Waals surface area (Å²) in [5.74, 6) is 1.42. The Morgan fingerprint density at radius 1 is 1.09 bits per heavy atom. The number of ether oxygens (including phenoxy) is 1. The number of rotatable bonds is 5. The average molecular weight is 451 g/mol. The van der Waals surface area contributed by atoms with Crippen molar-refractivity contribution in [3.63, 3.8) is 0 Å². The number of esters is 1. The first-order valence-corrected chi connectivity index (χ1v) is 12.1. The van der Waals surface area contributed by atoms with Crippen molar-refractivity contribution in [1.82, 2.24) is 14.9 Å². The van der Waals surface area contributed by atoms with Crippen molar-refractivity contribution in [2.45, 2.75) is 46.5 Å². The molecule has 1 aromatic carbocycles. The van der Waals surface area contributed by atoms with E-state index in [0.717, 1.165) is 44.3 Å². The molecule has 0 unspecified atom stereocenters. The minimum Gasteiger partial charge on any atom is -0.466 e. The third-order valence-electron chi connectivity index (χ3n) is 6.72. The molecule has 33 heavy (non-hydrogen) atoms. The quantitative estimate of drug-likeness (QED) is 0.639. The number of hydrogen-bond donors (Lipinski definition) is 0. The van der Waals surface area contributed by atoms with Crippen LogP contribution in [0.15, 0.2) is 30.5 Å². The topological polar surface area (TPSA) is 75.6 Å². The summed E-state index contributed by atoms with van der Waals surface area (Å²) in [7, 11) is 0. The highest BCUT2D eigenvalue weighted by Crippen LogP contribution is 2.29. The van der Waals surface area contributed by atoms with Crippen LogP contribution in [0.4, 0.5) is 5.82 Å². The maximum Gasteiger partial charge on any atom is 0.310 e. The lowest BCUT2D eigenvalue weighted by Crippen LogP contribution is -2.44. The van der Waals surface area contributed by atoms with Crippen molar-refractivity contribution in [2.24, 2.45) is 11.8 Å². The van der Waals surface area contributed by atoms with E-state index in [2.05, 4.69) is 23.7 Å². The van der Waals surface area contributed by atoms with Gasteiger partial charge >= 0.3 is 5.97 Å². The second kappa shape index (κ2) is 10.3. The highest BCUT2D eigenvalue weighted by molar-refractivity contribution is 5.99. The Morgan fingerprint density at radius 2 is 1.82 bits per heavy atom. The van der Waals surface area contributed by atoms with Crippen LogP contribution in [0, 0.1) is 18.8 Å². The summed E-state index contributed by atoms with van der Waals surface area (Å²) in [6, 6.07) is 8.12. The Balaban J connectivity index is 1.64. The minimum atomic E-state index is -0.269. The van der Waals surface area contributed by atoms with Crippen LogP contribution in [0.2, 0.25) is 0 Å². The van der Waals surface area contributed by atoms with E-state index < -0.39 is 0 Å². The zero-order valence-corrected chi connectivity index (χ0v) is 19.9. The Hall–Kier alpha value is -2.96. The van der Waals surface area contributed by atoms with E-state index in [1.807, 2.05) is 31.2 Å². The van der Waals surface area contributed by atoms with Gasteiger partial charge in [0.25, 0.3) is 5.91 Å². The Bertz CT molecular complexity index is 984. The minimum absolute atomic E-state index is 0.104. The molecule has 0 radical (unpaired) electrons. The molecule has 1 aromatic heterocycles. The molecule has 1 atom stereocenters. The molecule has 7 heteroatoms. The number of carbonyl (C=O) groups is 2. The second-order valence-corrected chi connectivity index (χ2v) is 9.31. The molecule has 1 amide bonds. The fourth-order valence-electron chi connectivity index (χ4n) is 4.61. The monoisotopic (exact) mass is 450 g/mol. The fourth-order valence-corrected chi connectivity index (χ4v) is 4.61. The fraction of sp³-hybridized carbons (Fsp3) is 0.538. The number of anilines is 1. The second-order valence-electron chi connectivity index (χ2n) is 9.31. The Labute approximate surface area is 196 Å². The lowest BCUT2D eigenvalue weighted by molar-refractivity contribution is -0.149. The molecule has 0 bridgehead atoms. The van der Waals surface area contributed by atoms with Gasteiger partial charge in [-0.3, -0.25) is 9.59 Å². The number of nitrogens with zero attached hydrogens (tertiary/aromatic N) is 4. The molecule has 7 nitrogen and oxygen atoms in total. The molecule has 0 saturated carbocycles. The van der Waals surface area contributed by atoms with Gasteiger partial charge in [0.2, 0.25) is 0 Å². The smallest absolute Gasteiger partial charge is 0.310 e. The van der Waals surface area contributed by atoms with Crippen molar-refractivity contribution in [1.29, 1.82) is 0 Å². The van der Waals surface area contributed by atoms with E-state index in [4.69, 9.17) is 9.72 Å². The van der Waals surface area contributed by atoms with Gasteiger partial charge in [0, 0.05) is 37.9 Å². The van der Waals surface area contributed by atoms with Gasteiger partial charge in [-0.05, 0) is 45.4 Å². The van der Waals surface area contributed by atoms with Crippen LogP contribution in [0.25, 0.3) is 11.4 Å². The summed E-state index contributed by atoms with van der Waals surface area (Å²) in [6.07, 6.45) is 5.36. The van der Waals surface area contributed by atoms with Crippen molar-refractivity contribution >= 4 is 17.7 Å². The largest absolute Gasteiger partial charge is 0.466 e. The Kier molecular flexibility index (Phi) is 7.26. The van der Waals surface area contributed by atoms with Crippen molar-refractivity contribution in [3.8, 4) is 11.4 Å². The third kappa shape index (κ3) is 5.34. The molecule has 2 aromatic rings. The zero-order valence-electron chi connectivity index (χ0n) is 19.9. The van der Waals surface area contributed by atoms with E-state index in [-0.39, 0.29) is 17.8 Å². The van der Waals surface area contributed by atoms with Gasteiger partial charge in [-0.25, -0.2) is 9.97 Å². The van der Waals surface area contributed by atoms with Crippen LogP contribution in [0.1, 0.15) is 55.5 Å². The van der Waals surface area contributed by atoms with Crippen molar-refractivity contribution in [2.75, 3.05) is 37.7 Å². The van der Waals surface area contributed by atoms with E-state index in [0.29, 0.717) is 42.8 Å². The van der Waals surface area contributed by atoms with Crippen LogP contribution in [-0.4, -0.2) is 59.5 Å².